The van der Waals surface area contributed by atoms with Crippen molar-refractivity contribution < 1.29 is 19.5 Å². The molecular formula is C25H29ClN2O4. The monoisotopic (exact) mass is 456 g/mol. The molecule has 32 heavy (non-hydrogen) atoms. The minimum Gasteiger partial charge on any atom is -0.481 e. The van der Waals surface area contributed by atoms with Crippen molar-refractivity contribution in [1.82, 2.24) is 0 Å². The third-order valence-electron chi connectivity index (χ3n) is 5.75. The first-order chi connectivity index (χ1) is 15.3. The standard InChI is InChI=1S/C25H29ClN2O4/c1-18-6-4-9-22(16-18)27(23(29)10-5-11-25(31)32)17-24(30)28(20-7-2-3-8-20)21-14-12-19(26)13-15-21/h4,6,9,12-16,20H,2-3,5,7-8,10-11,17H2,1H3,(H,31,32). The van der Waals surface area contributed by atoms with Crippen LogP contribution in [0, 0.1) is 6.92 Å². The van der Waals surface area contributed by atoms with Crippen molar-refractivity contribution in [2.24, 2.45) is 0 Å². The summed E-state index contributed by atoms with van der Waals surface area (Å²) < 4.78 is 0. The van der Waals surface area contributed by atoms with E-state index < -0.39 is 5.97 Å². The predicted octanol–water partition coefficient (Wildman–Crippen LogP) is 5.21. The fourth-order valence-electron chi connectivity index (χ4n) is 4.18. The van der Waals surface area contributed by atoms with E-state index in [0.717, 1.165) is 36.9 Å². The van der Waals surface area contributed by atoms with Crippen LogP contribution in [0.1, 0.15) is 50.5 Å². The van der Waals surface area contributed by atoms with E-state index in [2.05, 4.69) is 0 Å². The number of carbonyl (C=O) groups excluding carboxylic acids is 2. The summed E-state index contributed by atoms with van der Waals surface area (Å²) in [6, 6.07) is 14.7. The van der Waals surface area contributed by atoms with E-state index in [-0.39, 0.29) is 43.7 Å². The zero-order chi connectivity index (χ0) is 23.1. The van der Waals surface area contributed by atoms with Gasteiger partial charge < -0.3 is 14.9 Å². The molecule has 6 nitrogen and oxygen atoms in total. The molecule has 2 aromatic carbocycles. The van der Waals surface area contributed by atoms with Gasteiger partial charge in [0.15, 0.2) is 0 Å². The van der Waals surface area contributed by atoms with E-state index in [1.807, 2.05) is 37.3 Å². The molecule has 0 aliphatic heterocycles. The first-order valence-corrected chi connectivity index (χ1v) is 11.4. The van der Waals surface area contributed by atoms with Crippen molar-refractivity contribution in [2.75, 3.05) is 16.3 Å². The Morgan fingerprint density at radius 1 is 0.969 bits per heavy atom. The molecule has 1 aliphatic carbocycles. The van der Waals surface area contributed by atoms with Gasteiger partial charge in [0.05, 0.1) is 0 Å². The molecule has 0 saturated heterocycles. The number of aliphatic carboxylic acids is 1. The van der Waals surface area contributed by atoms with Crippen molar-refractivity contribution in [2.45, 2.75) is 57.9 Å². The van der Waals surface area contributed by atoms with Crippen LogP contribution in [0.4, 0.5) is 11.4 Å². The van der Waals surface area contributed by atoms with Gasteiger partial charge in [-0.2, -0.15) is 0 Å². The second-order valence-electron chi connectivity index (χ2n) is 8.24. The molecule has 0 heterocycles. The summed E-state index contributed by atoms with van der Waals surface area (Å²) in [5, 5.41) is 9.51. The second-order valence-corrected chi connectivity index (χ2v) is 8.68. The van der Waals surface area contributed by atoms with Crippen molar-refractivity contribution in [3.05, 3.63) is 59.1 Å². The van der Waals surface area contributed by atoms with E-state index in [1.165, 1.54) is 4.90 Å². The van der Waals surface area contributed by atoms with Crippen molar-refractivity contribution >= 4 is 40.8 Å². The highest BCUT2D eigenvalue weighted by Crippen LogP contribution is 2.30. The Labute approximate surface area is 193 Å². The topological polar surface area (TPSA) is 77.9 Å². The Kier molecular flexibility index (Phi) is 8.28. The molecule has 3 rings (SSSR count). The van der Waals surface area contributed by atoms with Crippen LogP contribution in [0.15, 0.2) is 48.5 Å². The number of benzene rings is 2. The molecule has 2 amide bonds. The van der Waals surface area contributed by atoms with E-state index in [9.17, 15) is 14.4 Å². The molecule has 1 fully saturated rings. The Morgan fingerprint density at radius 2 is 1.66 bits per heavy atom. The number of carboxylic acid groups (broad SMARTS) is 1. The number of amides is 2. The first-order valence-electron chi connectivity index (χ1n) is 11.0. The van der Waals surface area contributed by atoms with Crippen LogP contribution in [-0.2, 0) is 14.4 Å². The van der Waals surface area contributed by atoms with E-state index in [0.29, 0.717) is 10.7 Å². The van der Waals surface area contributed by atoms with E-state index in [4.69, 9.17) is 16.7 Å². The van der Waals surface area contributed by atoms with E-state index in [1.54, 1.807) is 23.1 Å². The van der Waals surface area contributed by atoms with Crippen molar-refractivity contribution in [3.63, 3.8) is 0 Å². The van der Waals surface area contributed by atoms with Gasteiger partial charge in [-0.1, -0.05) is 36.6 Å². The molecular weight excluding hydrogens is 428 g/mol. The van der Waals surface area contributed by atoms with Gasteiger partial charge in [0.1, 0.15) is 6.54 Å². The minimum atomic E-state index is -0.939. The fourth-order valence-corrected chi connectivity index (χ4v) is 4.31. The average molecular weight is 457 g/mol. The highest BCUT2D eigenvalue weighted by atomic mass is 35.5. The summed E-state index contributed by atoms with van der Waals surface area (Å²) in [7, 11) is 0. The minimum absolute atomic E-state index is 0.0674. The summed E-state index contributed by atoms with van der Waals surface area (Å²) >= 11 is 6.05. The zero-order valence-electron chi connectivity index (χ0n) is 18.3. The van der Waals surface area contributed by atoms with Crippen LogP contribution in [0.5, 0.6) is 0 Å². The van der Waals surface area contributed by atoms with Gasteiger partial charge in [-0.15, -0.1) is 0 Å². The summed E-state index contributed by atoms with van der Waals surface area (Å²) in [5.74, 6) is -1.36. The quantitative estimate of drug-likeness (QED) is 0.561. The average Bonchev–Trinajstić information content (AvgIpc) is 3.27. The SMILES string of the molecule is Cc1cccc(N(CC(=O)N(c2ccc(Cl)cc2)C2CCCC2)C(=O)CCCC(=O)O)c1. The van der Waals surface area contributed by atoms with Gasteiger partial charge >= 0.3 is 5.97 Å². The van der Waals surface area contributed by atoms with Crippen molar-refractivity contribution in [3.8, 4) is 0 Å². The van der Waals surface area contributed by atoms with Crippen molar-refractivity contribution in [1.29, 1.82) is 0 Å². The molecule has 1 aliphatic rings. The first kappa shape index (κ1) is 23.8. The molecule has 0 unspecified atom stereocenters. The second kappa shape index (κ2) is 11.1. The number of hydrogen-bond acceptors (Lipinski definition) is 3. The van der Waals surface area contributed by atoms with Gasteiger partial charge in [-0.25, -0.2) is 0 Å². The van der Waals surface area contributed by atoms with Crippen LogP contribution in [0.3, 0.4) is 0 Å². The third kappa shape index (κ3) is 6.33. The number of hydrogen-bond donors (Lipinski definition) is 1. The number of rotatable bonds is 9. The lowest BCUT2D eigenvalue weighted by molar-refractivity contribution is -0.137. The number of carbonyl (C=O) groups is 3. The van der Waals surface area contributed by atoms with Crippen LogP contribution < -0.4 is 9.80 Å². The Hall–Kier alpha value is -2.86. The van der Waals surface area contributed by atoms with Gasteiger partial charge in [-0.3, -0.25) is 14.4 Å². The third-order valence-corrected chi connectivity index (χ3v) is 6.00. The maximum absolute atomic E-state index is 13.6. The Balaban J connectivity index is 1.86. The molecule has 2 aromatic rings. The van der Waals surface area contributed by atoms with Crippen LogP contribution in [0.25, 0.3) is 0 Å². The summed E-state index contributed by atoms with van der Waals surface area (Å²) in [5.41, 5.74) is 2.39. The van der Waals surface area contributed by atoms with Gasteiger partial charge in [0.2, 0.25) is 11.8 Å². The lowest BCUT2D eigenvalue weighted by Gasteiger charge is -2.32. The molecule has 1 N–H and O–H groups in total. The lowest BCUT2D eigenvalue weighted by atomic mass is 10.1. The number of aryl methyl sites for hydroxylation is 1. The molecule has 170 valence electrons. The van der Waals surface area contributed by atoms with Crippen LogP contribution in [-0.4, -0.2) is 35.5 Å². The van der Waals surface area contributed by atoms with Crippen LogP contribution in [0.2, 0.25) is 5.02 Å². The lowest BCUT2D eigenvalue weighted by Crippen LogP contribution is -2.47. The highest BCUT2D eigenvalue weighted by Gasteiger charge is 2.30. The molecule has 1 saturated carbocycles. The van der Waals surface area contributed by atoms with Gasteiger partial charge in [0, 0.05) is 35.3 Å². The Bertz CT molecular complexity index is 955. The smallest absolute Gasteiger partial charge is 0.303 e. The molecule has 0 bridgehead atoms. The number of carboxylic acids is 1. The van der Waals surface area contributed by atoms with Crippen LogP contribution >= 0.6 is 11.6 Å². The maximum Gasteiger partial charge on any atom is 0.303 e. The summed E-state index contributed by atoms with van der Waals surface area (Å²) in [6.45, 7) is 1.82. The molecule has 0 spiro atoms. The zero-order valence-corrected chi connectivity index (χ0v) is 19.1. The normalized spacial score (nSPS) is 13.7. The molecule has 0 atom stereocenters. The Morgan fingerprint density at radius 3 is 2.28 bits per heavy atom. The molecule has 0 radical (unpaired) electrons. The molecule has 0 aromatic heterocycles. The van der Waals surface area contributed by atoms with Gasteiger partial charge in [-0.05, 0) is 68.1 Å². The largest absolute Gasteiger partial charge is 0.481 e. The number of halogens is 1. The fraction of sp³-hybridized carbons (Fsp3) is 0.400. The summed E-state index contributed by atoms with van der Waals surface area (Å²) in [6.07, 6.45) is 4.19. The molecule has 7 heteroatoms. The van der Waals surface area contributed by atoms with E-state index >= 15 is 0 Å². The number of nitrogens with zero attached hydrogens (tertiary/aromatic N) is 2. The number of anilines is 2. The van der Waals surface area contributed by atoms with Gasteiger partial charge in [0.25, 0.3) is 0 Å². The highest BCUT2D eigenvalue weighted by molar-refractivity contribution is 6.30. The predicted molar refractivity (Wildman–Crippen MR) is 126 cm³/mol. The maximum atomic E-state index is 13.6. The summed E-state index contributed by atoms with van der Waals surface area (Å²) in [4.78, 5) is 40.8.